The summed E-state index contributed by atoms with van der Waals surface area (Å²) in [6.45, 7) is 12.1. The first-order valence-electron chi connectivity index (χ1n) is 5.90. The first kappa shape index (κ1) is 11.0. The van der Waals surface area contributed by atoms with Crippen molar-refractivity contribution in [1.82, 2.24) is 4.90 Å². The quantitative estimate of drug-likeness (QED) is 0.646. The molecule has 0 aromatic carbocycles. The summed E-state index contributed by atoms with van der Waals surface area (Å²) in [5, 5.41) is 0. The van der Waals surface area contributed by atoms with Gasteiger partial charge in [0.25, 0.3) is 0 Å². The van der Waals surface area contributed by atoms with Crippen LogP contribution in [0.25, 0.3) is 0 Å². The van der Waals surface area contributed by atoms with Crippen molar-refractivity contribution >= 4 is 0 Å². The molecule has 0 amide bonds. The van der Waals surface area contributed by atoms with Gasteiger partial charge in [-0.25, -0.2) is 0 Å². The van der Waals surface area contributed by atoms with Crippen molar-refractivity contribution in [2.24, 2.45) is 5.92 Å². The molecule has 1 fully saturated rings. The van der Waals surface area contributed by atoms with Crippen LogP contribution in [0.3, 0.4) is 0 Å². The normalized spacial score (nSPS) is 32.3. The standard InChI is InChI=1S/C12H25N/c1-5-9-13-10-7-8-12(13,4)11(3)6-2/h11H,5-10H2,1-4H3. The molecule has 0 aromatic rings. The zero-order valence-corrected chi connectivity index (χ0v) is 9.77. The molecule has 0 aliphatic carbocycles. The molecule has 1 heterocycles. The van der Waals surface area contributed by atoms with E-state index in [-0.39, 0.29) is 0 Å². The van der Waals surface area contributed by atoms with Gasteiger partial charge in [-0.05, 0) is 45.2 Å². The maximum Gasteiger partial charge on any atom is 0.0207 e. The van der Waals surface area contributed by atoms with Crippen molar-refractivity contribution in [3.8, 4) is 0 Å². The van der Waals surface area contributed by atoms with Crippen molar-refractivity contribution < 1.29 is 0 Å². The molecule has 2 unspecified atom stereocenters. The van der Waals surface area contributed by atoms with Gasteiger partial charge in [-0.3, -0.25) is 4.90 Å². The lowest BCUT2D eigenvalue weighted by Crippen LogP contribution is -2.46. The molecule has 13 heavy (non-hydrogen) atoms. The van der Waals surface area contributed by atoms with Crippen LogP contribution in [0.1, 0.15) is 53.4 Å². The Kier molecular flexibility index (Phi) is 3.78. The second-order valence-corrected chi connectivity index (χ2v) is 4.76. The van der Waals surface area contributed by atoms with Gasteiger partial charge in [0.05, 0.1) is 0 Å². The highest BCUT2D eigenvalue weighted by molar-refractivity contribution is 4.94. The van der Waals surface area contributed by atoms with E-state index in [0.717, 1.165) is 5.92 Å². The molecule has 1 aliphatic heterocycles. The average Bonchev–Trinajstić information content (AvgIpc) is 2.49. The van der Waals surface area contributed by atoms with Crippen molar-refractivity contribution in [1.29, 1.82) is 0 Å². The van der Waals surface area contributed by atoms with Crippen molar-refractivity contribution in [3.63, 3.8) is 0 Å². The fraction of sp³-hybridized carbons (Fsp3) is 1.00. The first-order valence-corrected chi connectivity index (χ1v) is 5.90. The van der Waals surface area contributed by atoms with Gasteiger partial charge in [-0.15, -0.1) is 0 Å². The molecular weight excluding hydrogens is 158 g/mol. The minimum atomic E-state index is 0.505. The predicted molar refractivity (Wildman–Crippen MR) is 59.0 cm³/mol. The summed E-state index contributed by atoms with van der Waals surface area (Å²) in [4.78, 5) is 2.71. The molecule has 0 bridgehead atoms. The Morgan fingerprint density at radius 1 is 1.38 bits per heavy atom. The predicted octanol–water partition coefficient (Wildman–Crippen LogP) is 3.30. The summed E-state index contributed by atoms with van der Waals surface area (Å²) < 4.78 is 0. The number of nitrogens with zero attached hydrogens (tertiary/aromatic N) is 1. The van der Waals surface area contributed by atoms with Crippen LogP contribution >= 0.6 is 0 Å². The van der Waals surface area contributed by atoms with Crippen molar-refractivity contribution in [3.05, 3.63) is 0 Å². The Morgan fingerprint density at radius 3 is 2.62 bits per heavy atom. The van der Waals surface area contributed by atoms with Gasteiger partial charge in [-0.1, -0.05) is 27.2 Å². The lowest BCUT2D eigenvalue weighted by molar-refractivity contribution is 0.0951. The molecular formula is C12H25N. The fourth-order valence-corrected chi connectivity index (χ4v) is 2.68. The molecule has 1 aliphatic rings. The van der Waals surface area contributed by atoms with Crippen LogP contribution in [0, 0.1) is 5.92 Å². The Bertz CT molecular complexity index is 155. The van der Waals surface area contributed by atoms with Gasteiger partial charge in [0.1, 0.15) is 0 Å². The van der Waals surface area contributed by atoms with E-state index in [1.54, 1.807) is 0 Å². The smallest absolute Gasteiger partial charge is 0.0207 e. The summed E-state index contributed by atoms with van der Waals surface area (Å²) in [6.07, 6.45) is 5.42. The van der Waals surface area contributed by atoms with E-state index >= 15 is 0 Å². The van der Waals surface area contributed by atoms with E-state index in [9.17, 15) is 0 Å². The van der Waals surface area contributed by atoms with E-state index in [1.807, 2.05) is 0 Å². The summed E-state index contributed by atoms with van der Waals surface area (Å²) in [7, 11) is 0. The fourth-order valence-electron chi connectivity index (χ4n) is 2.68. The highest BCUT2D eigenvalue weighted by Gasteiger charge is 2.39. The van der Waals surface area contributed by atoms with Crippen LogP contribution in [0.4, 0.5) is 0 Å². The molecule has 2 atom stereocenters. The molecule has 0 N–H and O–H groups in total. The van der Waals surface area contributed by atoms with Crippen LogP contribution in [0.15, 0.2) is 0 Å². The third kappa shape index (κ3) is 2.07. The molecule has 0 saturated carbocycles. The van der Waals surface area contributed by atoms with Gasteiger partial charge in [-0.2, -0.15) is 0 Å². The van der Waals surface area contributed by atoms with E-state index in [4.69, 9.17) is 0 Å². The molecule has 78 valence electrons. The maximum atomic E-state index is 2.71. The minimum absolute atomic E-state index is 0.505. The van der Waals surface area contributed by atoms with Gasteiger partial charge in [0.15, 0.2) is 0 Å². The summed E-state index contributed by atoms with van der Waals surface area (Å²) >= 11 is 0. The van der Waals surface area contributed by atoms with Gasteiger partial charge in [0, 0.05) is 5.54 Å². The van der Waals surface area contributed by atoms with Crippen LogP contribution in [0.2, 0.25) is 0 Å². The van der Waals surface area contributed by atoms with E-state index in [1.165, 1.54) is 38.8 Å². The largest absolute Gasteiger partial charge is 0.298 e. The Balaban J connectivity index is 2.63. The van der Waals surface area contributed by atoms with Crippen LogP contribution in [-0.2, 0) is 0 Å². The van der Waals surface area contributed by atoms with Gasteiger partial charge >= 0.3 is 0 Å². The third-order valence-corrected chi connectivity index (χ3v) is 4.00. The molecule has 1 nitrogen and oxygen atoms in total. The Hall–Kier alpha value is -0.0400. The highest BCUT2D eigenvalue weighted by atomic mass is 15.2. The van der Waals surface area contributed by atoms with Crippen LogP contribution in [-0.4, -0.2) is 23.5 Å². The minimum Gasteiger partial charge on any atom is -0.298 e. The highest BCUT2D eigenvalue weighted by Crippen LogP contribution is 2.36. The summed E-state index contributed by atoms with van der Waals surface area (Å²) in [5.74, 6) is 0.849. The SMILES string of the molecule is CCCN1CCCC1(C)C(C)CC. The first-order chi connectivity index (χ1) is 6.15. The summed E-state index contributed by atoms with van der Waals surface area (Å²) in [6, 6.07) is 0. The molecule has 0 radical (unpaired) electrons. The number of likely N-dealkylation sites (tertiary alicyclic amines) is 1. The molecule has 1 saturated heterocycles. The lowest BCUT2D eigenvalue weighted by Gasteiger charge is -2.40. The second kappa shape index (κ2) is 4.45. The molecule has 1 rings (SSSR count). The molecule has 0 aromatic heterocycles. The molecule has 1 heteroatoms. The van der Waals surface area contributed by atoms with Gasteiger partial charge in [0.2, 0.25) is 0 Å². The van der Waals surface area contributed by atoms with E-state index in [2.05, 4.69) is 32.6 Å². The number of hydrogen-bond acceptors (Lipinski definition) is 1. The van der Waals surface area contributed by atoms with E-state index < -0.39 is 0 Å². The third-order valence-electron chi connectivity index (χ3n) is 4.00. The average molecular weight is 183 g/mol. The molecule has 0 spiro atoms. The lowest BCUT2D eigenvalue weighted by atomic mass is 9.83. The summed E-state index contributed by atoms with van der Waals surface area (Å²) in [5.41, 5.74) is 0.505. The van der Waals surface area contributed by atoms with Crippen LogP contribution in [0.5, 0.6) is 0 Å². The Morgan fingerprint density at radius 2 is 2.08 bits per heavy atom. The maximum absolute atomic E-state index is 2.71. The number of rotatable bonds is 4. The van der Waals surface area contributed by atoms with Crippen LogP contribution < -0.4 is 0 Å². The van der Waals surface area contributed by atoms with E-state index in [0.29, 0.717) is 5.54 Å². The monoisotopic (exact) mass is 183 g/mol. The van der Waals surface area contributed by atoms with Gasteiger partial charge < -0.3 is 0 Å². The topological polar surface area (TPSA) is 3.24 Å². The zero-order valence-electron chi connectivity index (χ0n) is 9.77. The second-order valence-electron chi connectivity index (χ2n) is 4.76. The van der Waals surface area contributed by atoms with Crippen molar-refractivity contribution in [2.45, 2.75) is 58.9 Å². The van der Waals surface area contributed by atoms with Crippen molar-refractivity contribution in [2.75, 3.05) is 13.1 Å². The zero-order chi connectivity index (χ0) is 9.90. The Labute approximate surface area is 83.5 Å². The number of hydrogen-bond donors (Lipinski definition) is 0.